The first-order chi connectivity index (χ1) is 5.37. The normalized spacial score (nSPS) is 23.4. The van der Waals surface area contributed by atoms with Crippen LogP contribution in [-0.2, 0) is 0 Å². The number of hydrogen-bond donors (Lipinski definition) is 0. The highest BCUT2D eigenvalue weighted by Crippen LogP contribution is 2.35. The Bertz CT molecular complexity index is 246. The maximum absolute atomic E-state index is 4.07. The van der Waals surface area contributed by atoms with Crippen LogP contribution in [0.2, 0.25) is 0 Å². The smallest absolute Gasteiger partial charge is 0.0551 e. The van der Waals surface area contributed by atoms with Gasteiger partial charge in [-0.2, -0.15) is 0 Å². The molecule has 68 valence electrons. The summed E-state index contributed by atoms with van der Waals surface area (Å²) in [6.45, 7) is 13.0. The zero-order valence-electron chi connectivity index (χ0n) is 8.86. The molecule has 1 aliphatic rings. The van der Waals surface area contributed by atoms with E-state index in [0.29, 0.717) is 0 Å². The monoisotopic (exact) mass is 165 g/mol. The zero-order valence-corrected chi connectivity index (χ0v) is 8.86. The molecule has 1 aliphatic heterocycles. The van der Waals surface area contributed by atoms with Crippen LogP contribution in [0.1, 0.15) is 34.1 Å². The molecule has 0 aromatic carbocycles. The van der Waals surface area contributed by atoms with E-state index in [2.05, 4.69) is 46.2 Å². The van der Waals surface area contributed by atoms with Gasteiger partial charge in [0.25, 0.3) is 0 Å². The molecular formula is C11H19N. The van der Waals surface area contributed by atoms with Crippen molar-refractivity contribution < 1.29 is 0 Å². The quantitative estimate of drug-likeness (QED) is 0.499. The summed E-state index contributed by atoms with van der Waals surface area (Å²) in [4.78, 5) is 2.27. The lowest BCUT2D eigenvalue weighted by molar-refractivity contribution is 0.228. The SMILES string of the molecule is C=C1CC(C)=C(C)C(C)(C)N1C. The average molecular weight is 165 g/mol. The number of rotatable bonds is 0. The fourth-order valence-corrected chi connectivity index (χ4v) is 1.73. The van der Waals surface area contributed by atoms with Gasteiger partial charge >= 0.3 is 0 Å². The molecule has 0 N–H and O–H groups in total. The molecule has 0 aromatic rings. The van der Waals surface area contributed by atoms with Gasteiger partial charge in [-0.05, 0) is 33.3 Å². The van der Waals surface area contributed by atoms with E-state index >= 15 is 0 Å². The van der Waals surface area contributed by atoms with E-state index in [4.69, 9.17) is 0 Å². The first-order valence-corrected chi connectivity index (χ1v) is 4.46. The van der Waals surface area contributed by atoms with E-state index in [0.717, 1.165) is 6.42 Å². The van der Waals surface area contributed by atoms with Gasteiger partial charge in [0.1, 0.15) is 0 Å². The lowest BCUT2D eigenvalue weighted by Crippen LogP contribution is -2.44. The third-order valence-corrected chi connectivity index (χ3v) is 3.34. The Hall–Kier alpha value is -0.720. The van der Waals surface area contributed by atoms with E-state index in [1.807, 2.05) is 0 Å². The maximum Gasteiger partial charge on any atom is 0.0551 e. The summed E-state index contributed by atoms with van der Waals surface area (Å²) in [6, 6.07) is 0. The summed E-state index contributed by atoms with van der Waals surface area (Å²) in [5.41, 5.74) is 4.34. The Kier molecular flexibility index (Phi) is 2.07. The Balaban J connectivity index is 3.14. The summed E-state index contributed by atoms with van der Waals surface area (Å²) < 4.78 is 0. The average Bonchev–Trinajstić information content (AvgIpc) is 1.99. The van der Waals surface area contributed by atoms with Crippen LogP contribution < -0.4 is 0 Å². The third kappa shape index (κ3) is 1.17. The molecule has 0 unspecified atom stereocenters. The second-order valence-corrected chi connectivity index (χ2v) is 4.27. The molecule has 12 heavy (non-hydrogen) atoms. The van der Waals surface area contributed by atoms with Gasteiger partial charge in [-0.25, -0.2) is 0 Å². The first kappa shape index (κ1) is 9.37. The molecular weight excluding hydrogens is 146 g/mol. The first-order valence-electron chi connectivity index (χ1n) is 4.46. The van der Waals surface area contributed by atoms with Crippen molar-refractivity contribution in [3.05, 3.63) is 23.4 Å². The lowest BCUT2D eigenvalue weighted by Gasteiger charge is -2.44. The van der Waals surface area contributed by atoms with Crippen LogP contribution in [0.25, 0.3) is 0 Å². The van der Waals surface area contributed by atoms with E-state index in [9.17, 15) is 0 Å². The Labute approximate surface area is 75.8 Å². The van der Waals surface area contributed by atoms with Crippen LogP contribution in [0.15, 0.2) is 23.4 Å². The van der Waals surface area contributed by atoms with Crippen LogP contribution in [0.5, 0.6) is 0 Å². The summed E-state index contributed by atoms with van der Waals surface area (Å²) in [5, 5.41) is 0. The molecule has 1 heterocycles. The van der Waals surface area contributed by atoms with Gasteiger partial charge in [0.15, 0.2) is 0 Å². The Morgan fingerprint density at radius 3 is 2.33 bits per heavy atom. The molecule has 0 atom stereocenters. The van der Waals surface area contributed by atoms with Crippen LogP contribution in [-0.4, -0.2) is 17.5 Å². The van der Waals surface area contributed by atoms with Crippen molar-refractivity contribution in [1.29, 1.82) is 0 Å². The fourth-order valence-electron chi connectivity index (χ4n) is 1.73. The summed E-state index contributed by atoms with van der Waals surface area (Å²) in [6.07, 6.45) is 1.03. The number of likely N-dealkylation sites (N-methyl/N-ethyl adjacent to an activating group) is 1. The molecule has 1 nitrogen and oxygen atoms in total. The molecule has 0 spiro atoms. The molecule has 0 amide bonds. The predicted octanol–water partition coefficient (Wildman–Crippen LogP) is 2.95. The summed E-state index contributed by atoms with van der Waals surface area (Å²) >= 11 is 0. The van der Waals surface area contributed by atoms with E-state index < -0.39 is 0 Å². The summed E-state index contributed by atoms with van der Waals surface area (Å²) in [5.74, 6) is 0. The van der Waals surface area contributed by atoms with Crippen LogP contribution in [0, 0.1) is 0 Å². The van der Waals surface area contributed by atoms with Crippen molar-refractivity contribution in [2.75, 3.05) is 7.05 Å². The van der Waals surface area contributed by atoms with Crippen molar-refractivity contribution in [1.82, 2.24) is 4.90 Å². The molecule has 0 bridgehead atoms. The lowest BCUT2D eigenvalue weighted by atomic mass is 9.84. The van der Waals surface area contributed by atoms with Gasteiger partial charge in [-0.15, -0.1) is 0 Å². The Morgan fingerprint density at radius 2 is 1.83 bits per heavy atom. The number of nitrogens with zero attached hydrogens (tertiary/aromatic N) is 1. The standard InChI is InChI=1S/C11H19N/c1-8-7-9(2)12(6)11(4,5)10(8)3/h2,7H2,1,3-6H3. The van der Waals surface area contributed by atoms with Gasteiger partial charge in [0.05, 0.1) is 5.54 Å². The highest BCUT2D eigenvalue weighted by molar-refractivity contribution is 5.31. The Morgan fingerprint density at radius 1 is 1.33 bits per heavy atom. The molecule has 0 saturated heterocycles. The van der Waals surface area contributed by atoms with Crippen LogP contribution in [0.4, 0.5) is 0 Å². The molecule has 0 aromatic heterocycles. The molecule has 1 rings (SSSR count). The summed E-state index contributed by atoms with van der Waals surface area (Å²) in [7, 11) is 2.12. The van der Waals surface area contributed by atoms with E-state index in [1.54, 1.807) is 0 Å². The predicted molar refractivity (Wildman–Crippen MR) is 54.0 cm³/mol. The second-order valence-electron chi connectivity index (χ2n) is 4.27. The van der Waals surface area contributed by atoms with E-state index in [-0.39, 0.29) is 5.54 Å². The van der Waals surface area contributed by atoms with Crippen molar-refractivity contribution in [3.63, 3.8) is 0 Å². The minimum atomic E-state index is 0.152. The van der Waals surface area contributed by atoms with Gasteiger partial charge in [-0.3, -0.25) is 0 Å². The zero-order chi connectivity index (χ0) is 9.52. The molecule has 0 fully saturated rings. The van der Waals surface area contributed by atoms with Crippen LogP contribution in [0.3, 0.4) is 0 Å². The van der Waals surface area contributed by atoms with Gasteiger partial charge in [0.2, 0.25) is 0 Å². The molecule has 0 saturated carbocycles. The van der Waals surface area contributed by atoms with Crippen molar-refractivity contribution in [2.45, 2.75) is 39.7 Å². The van der Waals surface area contributed by atoms with Gasteiger partial charge in [0, 0.05) is 19.2 Å². The molecule has 0 aliphatic carbocycles. The second kappa shape index (κ2) is 2.65. The number of allylic oxidation sites excluding steroid dienone is 1. The van der Waals surface area contributed by atoms with Crippen molar-refractivity contribution in [2.24, 2.45) is 0 Å². The number of hydrogen-bond acceptors (Lipinski definition) is 1. The topological polar surface area (TPSA) is 3.24 Å². The minimum absolute atomic E-state index is 0.152. The third-order valence-electron chi connectivity index (χ3n) is 3.34. The largest absolute Gasteiger partial charge is 0.369 e. The van der Waals surface area contributed by atoms with Crippen molar-refractivity contribution in [3.8, 4) is 0 Å². The minimum Gasteiger partial charge on any atom is -0.369 e. The van der Waals surface area contributed by atoms with E-state index in [1.165, 1.54) is 16.8 Å². The molecule has 1 heteroatoms. The molecule has 0 radical (unpaired) electrons. The maximum atomic E-state index is 4.07. The highest BCUT2D eigenvalue weighted by Gasteiger charge is 2.31. The fraction of sp³-hybridized carbons (Fsp3) is 0.636. The van der Waals surface area contributed by atoms with Gasteiger partial charge in [-0.1, -0.05) is 12.2 Å². The van der Waals surface area contributed by atoms with Gasteiger partial charge < -0.3 is 4.90 Å². The highest BCUT2D eigenvalue weighted by atomic mass is 15.2. The van der Waals surface area contributed by atoms with Crippen molar-refractivity contribution >= 4 is 0 Å². The van der Waals surface area contributed by atoms with Crippen LogP contribution >= 0.6 is 0 Å².